The van der Waals surface area contributed by atoms with Gasteiger partial charge < -0.3 is 10.2 Å². The molecular formula is C6H10O4. The molecule has 0 radical (unpaired) electrons. The normalized spacial score (nSPS) is 7.00. The Hall–Kier alpha value is -1.32. The van der Waals surface area contributed by atoms with Gasteiger partial charge in [0.15, 0.2) is 0 Å². The van der Waals surface area contributed by atoms with Gasteiger partial charge in [0.1, 0.15) is 0 Å². The van der Waals surface area contributed by atoms with Gasteiger partial charge in [0.2, 0.25) is 0 Å². The van der Waals surface area contributed by atoms with Crippen LogP contribution in [-0.4, -0.2) is 22.2 Å². The molecule has 0 amide bonds. The zero-order valence-corrected chi connectivity index (χ0v) is 5.92. The minimum atomic E-state index is -0.935. The van der Waals surface area contributed by atoms with Gasteiger partial charge in [0.25, 0.3) is 5.97 Å². The van der Waals surface area contributed by atoms with Gasteiger partial charge in [-0.25, -0.2) is 4.79 Å². The lowest BCUT2D eigenvalue weighted by Gasteiger charge is -1.79. The van der Waals surface area contributed by atoms with Gasteiger partial charge in [-0.05, 0) is 6.92 Å². The average molecular weight is 146 g/mol. The highest BCUT2D eigenvalue weighted by atomic mass is 16.4. The first-order chi connectivity index (χ1) is 4.37. The van der Waals surface area contributed by atoms with Crippen molar-refractivity contribution >= 4 is 11.9 Å². The molecule has 0 bridgehead atoms. The van der Waals surface area contributed by atoms with Crippen LogP contribution in [-0.2, 0) is 9.59 Å². The van der Waals surface area contributed by atoms with Crippen LogP contribution < -0.4 is 0 Å². The summed E-state index contributed by atoms with van der Waals surface area (Å²) in [6.07, 6.45) is 0. The van der Waals surface area contributed by atoms with Crippen molar-refractivity contribution in [3.05, 3.63) is 12.2 Å². The lowest BCUT2D eigenvalue weighted by atomic mass is 10.4. The zero-order valence-electron chi connectivity index (χ0n) is 5.92. The van der Waals surface area contributed by atoms with Gasteiger partial charge in [0, 0.05) is 12.5 Å². The van der Waals surface area contributed by atoms with E-state index in [1.807, 2.05) is 0 Å². The molecule has 0 fully saturated rings. The van der Waals surface area contributed by atoms with Crippen molar-refractivity contribution in [1.29, 1.82) is 0 Å². The van der Waals surface area contributed by atoms with Crippen molar-refractivity contribution in [3.63, 3.8) is 0 Å². The quantitative estimate of drug-likeness (QED) is 0.535. The number of carbonyl (C=O) groups is 2. The Balaban J connectivity index is 0. The molecule has 0 aliphatic carbocycles. The first kappa shape index (κ1) is 11.5. The van der Waals surface area contributed by atoms with Crippen LogP contribution in [0.5, 0.6) is 0 Å². The van der Waals surface area contributed by atoms with Gasteiger partial charge in [-0.3, -0.25) is 4.79 Å². The largest absolute Gasteiger partial charge is 0.481 e. The van der Waals surface area contributed by atoms with E-state index in [0.29, 0.717) is 0 Å². The van der Waals surface area contributed by atoms with E-state index in [2.05, 4.69) is 6.58 Å². The number of rotatable bonds is 1. The smallest absolute Gasteiger partial charge is 0.330 e. The Kier molecular flexibility index (Phi) is 6.67. The van der Waals surface area contributed by atoms with Gasteiger partial charge in [-0.1, -0.05) is 6.58 Å². The molecule has 0 saturated carbocycles. The topological polar surface area (TPSA) is 74.6 Å². The SMILES string of the molecule is C=C(C)C(=O)O.CC(=O)O. The number of aliphatic carboxylic acids is 2. The third-order valence-electron chi connectivity index (χ3n) is 0.365. The summed E-state index contributed by atoms with van der Waals surface area (Å²) in [5.74, 6) is -1.77. The average Bonchev–Trinajstić information content (AvgIpc) is 1.63. The van der Waals surface area contributed by atoms with E-state index in [-0.39, 0.29) is 5.57 Å². The highest BCUT2D eigenvalue weighted by molar-refractivity contribution is 5.84. The third kappa shape index (κ3) is 30.0. The van der Waals surface area contributed by atoms with Gasteiger partial charge in [-0.15, -0.1) is 0 Å². The molecule has 0 spiro atoms. The molecule has 0 aromatic rings. The number of carboxylic acids is 2. The Morgan fingerprint density at radius 1 is 1.20 bits per heavy atom. The molecule has 0 unspecified atom stereocenters. The van der Waals surface area contributed by atoms with Crippen LogP contribution >= 0.6 is 0 Å². The lowest BCUT2D eigenvalue weighted by molar-refractivity contribution is -0.134. The number of carboxylic acid groups (broad SMARTS) is 2. The van der Waals surface area contributed by atoms with Crippen molar-refractivity contribution in [2.75, 3.05) is 0 Å². The molecule has 0 heterocycles. The fourth-order valence-electron chi connectivity index (χ4n) is 0. The van der Waals surface area contributed by atoms with Crippen LogP contribution in [0.3, 0.4) is 0 Å². The first-order valence-corrected chi connectivity index (χ1v) is 2.46. The Labute approximate surface area is 58.8 Å². The Morgan fingerprint density at radius 3 is 1.30 bits per heavy atom. The maximum Gasteiger partial charge on any atom is 0.330 e. The Bertz CT molecular complexity index is 132. The number of hydrogen-bond acceptors (Lipinski definition) is 2. The molecule has 0 aliphatic rings. The number of hydrogen-bond donors (Lipinski definition) is 2. The summed E-state index contributed by atoms with van der Waals surface area (Å²) in [6.45, 7) is 5.69. The molecule has 4 heteroatoms. The second-order valence-corrected chi connectivity index (χ2v) is 1.60. The van der Waals surface area contributed by atoms with E-state index >= 15 is 0 Å². The van der Waals surface area contributed by atoms with Crippen molar-refractivity contribution in [3.8, 4) is 0 Å². The van der Waals surface area contributed by atoms with E-state index < -0.39 is 11.9 Å². The highest BCUT2D eigenvalue weighted by Gasteiger charge is 1.90. The van der Waals surface area contributed by atoms with Gasteiger partial charge in [0.05, 0.1) is 0 Å². The summed E-state index contributed by atoms with van der Waals surface area (Å²) in [7, 11) is 0. The van der Waals surface area contributed by atoms with Crippen molar-refractivity contribution in [1.82, 2.24) is 0 Å². The second-order valence-electron chi connectivity index (χ2n) is 1.60. The fraction of sp³-hybridized carbons (Fsp3) is 0.333. The molecule has 0 aliphatic heterocycles. The molecule has 0 aromatic carbocycles. The molecule has 0 rings (SSSR count). The standard InChI is InChI=1S/C4H6O2.C2H4O2/c1-3(2)4(5)6;1-2(3)4/h1H2,2H3,(H,5,6);1H3,(H,3,4). The van der Waals surface area contributed by atoms with Crippen molar-refractivity contribution in [2.45, 2.75) is 13.8 Å². The summed E-state index contributed by atoms with van der Waals surface area (Å²) in [5.41, 5.74) is 0.176. The van der Waals surface area contributed by atoms with Crippen LogP contribution in [0.25, 0.3) is 0 Å². The molecule has 0 aromatic heterocycles. The minimum Gasteiger partial charge on any atom is -0.481 e. The van der Waals surface area contributed by atoms with Crippen LogP contribution in [0.4, 0.5) is 0 Å². The van der Waals surface area contributed by atoms with Crippen molar-refractivity contribution < 1.29 is 19.8 Å². The van der Waals surface area contributed by atoms with E-state index in [9.17, 15) is 4.79 Å². The lowest BCUT2D eigenvalue weighted by Crippen LogP contribution is -1.92. The predicted molar refractivity (Wildman–Crippen MR) is 35.8 cm³/mol. The van der Waals surface area contributed by atoms with E-state index in [0.717, 1.165) is 6.92 Å². The predicted octanol–water partition coefficient (Wildman–Crippen LogP) is 0.738. The molecule has 0 saturated heterocycles. The first-order valence-electron chi connectivity index (χ1n) is 2.46. The van der Waals surface area contributed by atoms with Crippen LogP contribution in [0.2, 0.25) is 0 Å². The van der Waals surface area contributed by atoms with E-state index in [1.165, 1.54) is 6.92 Å². The maximum absolute atomic E-state index is 9.60. The summed E-state index contributed by atoms with van der Waals surface area (Å²) in [4.78, 5) is 18.6. The molecule has 4 nitrogen and oxygen atoms in total. The second kappa shape index (κ2) is 5.81. The maximum atomic E-state index is 9.60. The van der Waals surface area contributed by atoms with Crippen LogP contribution in [0, 0.1) is 0 Å². The minimum absolute atomic E-state index is 0.176. The third-order valence-corrected chi connectivity index (χ3v) is 0.365. The summed E-state index contributed by atoms with van der Waals surface area (Å²) >= 11 is 0. The van der Waals surface area contributed by atoms with Crippen molar-refractivity contribution in [2.24, 2.45) is 0 Å². The van der Waals surface area contributed by atoms with Crippen LogP contribution in [0.15, 0.2) is 12.2 Å². The fourth-order valence-corrected chi connectivity index (χ4v) is 0. The summed E-state index contributed by atoms with van der Waals surface area (Å²) < 4.78 is 0. The molecule has 10 heavy (non-hydrogen) atoms. The van der Waals surface area contributed by atoms with Crippen LogP contribution in [0.1, 0.15) is 13.8 Å². The molecule has 0 atom stereocenters. The van der Waals surface area contributed by atoms with E-state index in [4.69, 9.17) is 15.0 Å². The molecule has 2 N–H and O–H groups in total. The summed E-state index contributed by atoms with van der Waals surface area (Å²) in [5, 5.41) is 15.3. The molecule has 58 valence electrons. The van der Waals surface area contributed by atoms with Gasteiger partial charge in [-0.2, -0.15) is 0 Å². The highest BCUT2D eigenvalue weighted by Crippen LogP contribution is 1.81. The monoisotopic (exact) mass is 146 g/mol. The molecular weight excluding hydrogens is 136 g/mol. The zero-order chi connectivity index (χ0) is 8.73. The summed E-state index contributed by atoms with van der Waals surface area (Å²) in [6, 6.07) is 0. The van der Waals surface area contributed by atoms with Gasteiger partial charge >= 0.3 is 5.97 Å². The Morgan fingerprint density at radius 2 is 1.30 bits per heavy atom. The van der Waals surface area contributed by atoms with E-state index in [1.54, 1.807) is 0 Å².